The molecule has 0 heterocycles. The molecule has 0 aliphatic carbocycles. The van der Waals surface area contributed by atoms with Crippen molar-refractivity contribution in [3.05, 3.63) is 29.8 Å². The molecule has 0 radical (unpaired) electrons. The molecular formula is C8H8ClNO. The molecule has 0 atom stereocenters. The van der Waals surface area contributed by atoms with Crippen LogP contribution in [0.25, 0.3) is 0 Å². The van der Waals surface area contributed by atoms with E-state index in [2.05, 4.69) is 5.32 Å². The molecule has 3 heteroatoms. The zero-order chi connectivity index (χ0) is 8.10. The predicted octanol–water partition coefficient (Wildman–Crippen LogP) is 1.99. The van der Waals surface area contributed by atoms with E-state index in [9.17, 15) is 4.79 Å². The predicted molar refractivity (Wildman–Crippen MR) is 45.7 cm³/mol. The molecule has 58 valence electrons. The van der Waals surface area contributed by atoms with Crippen LogP contribution in [0.1, 0.15) is 5.56 Å². The molecule has 1 aromatic carbocycles. The number of anilines is 1. The number of amides is 1. The molecule has 0 bridgehead atoms. The molecule has 1 amide bonds. The summed E-state index contributed by atoms with van der Waals surface area (Å²) in [6, 6.07) is 7.37. The van der Waals surface area contributed by atoms with E-state index in [0.29, 0.717) is 12.3 Å². The van der Waals surface area contributed by atoms with Crippen molar-refractivity contribution in [3.8, 4) is 0 Å². The Morgan fingerprint density at radius 1 is 1.36 bits per heavy atom. The van der Waals surface area contributed by atoms with Crippen LogP contribution in [-0.2, 0) is 10.7 Å². The second-order valence-electron chi connectivity index (χ2n) is 2.09. The Hall–Kier alpha value is -1.02. The van der Waals surface area contributed by atoms with Crippen molar-refractivity contribution in [2.75, 3.05) is 5.32 Å². The topological polar surface area (TPSA) is 29.1 Å². The molecule has 0 saturated heterocycles. The van der Waals surface area contributed by atoms with Gasteiger partial charge in [-0.05, 0) is 17.7 Å². The smallest absolute Gasteiger partial charge is 0.211 e. The molecule has 2 nitrogen and oxygen atoms in total. The molecular weight excluding hydrogens is 162 g/mol. The van der Waals surface area contributed by atoms with Gasteiger partial charge in [-0.25, -0.2) is 0 Å². The van der Waals surface area contributed by atoms with E-state index in [1.807, 2.05) is 24.3 Å². The first kappa shape index (κ1) is 8.08. The van der Waals surface area contributed by atoms with Gasteiger partial charge in [-0.15, -0.1) is 11.6 Å². The van der Waals surface area contributed by atoms with Crippen LogP contribution in [0.3, 0.4) is 0 Å². The Kier molecular flexibility index (Phi) is 2.93. The highest BCUT2D eigenvalue weighted by Gasteiger charge is 1.90. The van der Waals surface area contributed by atoms with Gasteiger partial charge in [0, 0.05) is 11.6 Å². The quantitative estimate of drug-likeness (QED) is 0.544. The zero-order valence-corrected chi connectivity index (χ0v) is 6.64. The van der Waals surface area contributed by atoms with Crippen LogP contribution in [0, 0.1) is 0 Å². The largest absolute Gasteiger partial charge is 0.329 e. The highest BCUT2D eigenvalue weighted by molar-refractivity contribution is 6.17. The van der Waals surface area contributed by atoms with E-state index in [4.69, 9.17) is 11.6 Å². The van der Waals surface area contributed by atoms with Crippen molar-refractivity contribution in [1.82, 2.24) is 0 Å². The van der Waals surface area contributed by atoms with E-state index >= 15 is 0 Å². The number of hydrogen-bond acceptors (Lipinski definition) is 1. The number of carbonyl (C=O) groups is 1. The molecule has 11 heavy (non-hydrogen) atoms. The monoisotopic (exact) mass is 169 g/mol. The molecule has 1 N–H and O–H groups in total. The summed E-state index contributed by atoms with van der Waals surface area (Å²) in [4.78, 5) is 9.99. The molecule has 0 aromatic heterocycles. The summed E-state index contributed by atoms with van der Waals surface area (Å²) < 4.78 is 0. The number of hydrogen-bond donors (Lipinski definition) is 1. The molecule has 1 aromatic rings. The van der Waals surface area contributed by atoms with Crippen LogP contribution in [-0.4, -0.2) is 6.41 Å². The van der Waals surface area contributed by atoms with Crippen molar-refractivity contribution >= 4 is 23.7 Å². The minimum atomic E-state index is 0.501. The van der Waals surface area contributed by atoms with Gasteiger partial charge in [0.15, 0.2) is 0 Å². The first-order chi connectivity index (χ1) is 5.36. The fourth-order valence-corrected chi connectivity index (χ4v) is 0.936. The van der Waals surface area contributed by atoms with Gasteiger partial charge in [0.1, 0.15) is 0 Å². The van der Waals surface area contributed by atoms with E-state index in [-0.39, 0.29) is 0 Å². The van der Waals surface area contributed by atoms with E-state index < -0.39 is 0 Å². The summed E-state index contributed by atoms with van der Waals surface area (Å²) in [7, 11) is 0. The van der Waals surface area contributed by atoms with Gasteiger partial charge < -0.3 is 5.32 Å². The summed E-state index contributed by atoms with van der Waals surface area (Å²) >= 11 is 5.57. The van der Waals surface area contributed by atoms with Crippen LogP contribution >= 0.6 is 11.6 Å². The maximum absolute atomic E-state index is 9.99. The second kappa shape index (κ2) is 3.98. The van der Waals surface area contributed by atoms with E-state index in [1.165, 1.54) is 0 Å². The highest BCUT2D eigenvalue weighted by Crippen LogP contribution is 2.09. The third-order valence-corrected chi connectivity index (χ3v) is 1.64. The number of benzene rings is 1. The van der Waals surface area contributed by atoms with Crippen LogP contribution < -0.4 is 5.32 Å². The molecule has 0 unspecified atom stereocenters. The number of alkyl halides is 1. The standard InChI is InChI=1S/C8H8ClNO/c9-5-7-1-3-8(4-2-7)10-6-11/h1-4,6H,5H2,(H,10,11). The van der Waals surface area contributed by atoms with Gasteiger partial charge >= 0.3 is 0 Å². The highest BCUT2D eigenvalue weighted by atomic mass is 35.5. The Morgan fingerprint density at radius 3 is 2.45 bits per heavy atom. The summed E-state index contributed by atoms with van der Waals surface area (Å²) in [5.41, 5.74) is 1.83. The summed E-state index contributed by atoms with van der Waals surface area (Å²) in [6.07, 6.45) is 0.649. The summed E-state index contributed by atoms with van der Waals surface area (Å²) in [5.74, 6) is 0.501. The van der Waals surface area contributed by atoms with Crippen LogP contribution in [0.15, 0.2) is 24.3 Å². The fourth-order valence-electron chi connectivity index (χ4n) is 0.758. The van der Waals surface area contributed by atoms with E-state index in [0.717, 1.165) is 11.3 Å². The minimum absolute atomic E-state index is 0.501. The minimum Gasteiger partial charge on any atom is -0.329 e. The zero-order valence-electron chi connectivity index (χ0n) is 5.88. The summed E-state index contributed by atoms with van der Waals surface area (Å²) in [6.45, 7) is 0. The van der Waals surface area contributed by atoms with E-state index in [1.54, 1.807) is 0 Å². The Labute approximate surface area is 70.2 Å². The van der Waals surface area contributed by atoms with Crippen molar-refractivity contribution in [1.29, 1.82) is 0 Å². The van der Waals surface area contributed by atoms with Crippen molar-refractivity contribution in [3.63, 3.8) is 0 Å². The second-order valence-corrected chi connectivity index (χ2v) is 2.36. The van der Waals surface area contributed by atoms with Gasteiger partial charge in [0.2, 0.25) is 6.41 Å². The Morgan fingerprint density at radius 2 is 2.00 bits per heavy atom. The average Bonchev–Trinajstić information content (AvgIpc) is 2.07. The number of nitrogens with one attached hydrogen (secondary N) is 1. The maximum Gasteiger partial charge on any atom is 0.211 e. The number of carbonyl (C=O) groups excluding carboxylic acids is 1. The molecule has 0 saturated carbocycles. The van der Waals surface area contributed by atoms with Crippen LogP contribution in [0.5, 0.6) is 0 Å². The lowest BCUT2D eigenvalue weighted by Crippen LogP contribution is -1.92. The van der Waals surface area contributed by atoms with Crippen molar-refractivity contribution in [2.45, 2.75) is 5.88 Å². The molecule has 0 aliphatic rings. The maximum atomic E-state index is 9.99. The SMILES string of the molecule is O=CNc1ccc(CCl)cc1. The summed E-state index contributed by atoms with van der Waals surface area (Å²) in [5, 5.41) is 2.54. The normalized spacial score (nSPS) is 9.18. The average molecular weight is 170 g/mol. The Bertz CT molecular complexity index is 232. The third kappa shape index (κ3) is 2.24. The van der Waals surface area contributed by atoms with Crippen LogP contribution in [0.4, 0.5) is 5.69 Å². The van der Waals surface area contributed by atoms with Crippen molar-refractivity contribution in [2.24, 2.45) is 0 Å². The number of rotatable bonds is 3. The lowest BCUT2D eigenvalue weighted by Gasteiger charge is -1.98. The first-order valence-electron chi connectivity index (χ1n) is 3.22. The van der Waals surface area contributed by atoms with Crippen LogP contribution in [0.2, 0.25) is 0 Å². The Balaban J connectivity index is 2.74. The molecule has 0 aliphatic heterocycles. The molecule has 0 spiro atoms. The van der Waals surface area contributed by atoms with Gasteiger partial charge in [-0.2, -0.15) is 0 Å². The van der Waals surface area contributed by atoms with Gasteiger partial charge in [0.05, 0.1) is 0 Å². The molecule has 0 fully saturated rings. The third-order valence-electron chi connectivity index (χ3n) is 1.33. The first-order valence-corrected chi connectivity index (χ1v) is 3.75. The fraction of sp³-hybridized carbons (Fsp3) is 0.125. The van der Waals surface area contributed by atoms with Gasteiger partial charge in [-0.3, -0.25) is 4.79 Å². The van der Waals surface area contributed by atoms with Crippen molar-refractivity contribution < 1.29 is 4.79 Å². The lowest BCUT2D eigenvalue weighted by molar-refractivity contribution is -0.105. The number of halogens is 1. The van der Waals surface area contributed by atoms with Gasteiger partial charge in [-0.1, -0.05) is 12.1 Å². The molecule has 1 rings (SSSR count). The van der Waals surface area contributed by atoms with Gasteiger partial charge in [0.25, 0.3) is 0 Å². The lowest BCUT2D eigenvalue weighted by atomic mass is 10.2.